The Morgan fingerprint density at radius 1 is 1.07 bits per heavy atom. The summed E-state index contributed by atoms with van der Waals surface area (Å²) >= 11 is 0. The van der Waals surface area contributed by atoms with Gasteiger partial charge in [-0.25, -0.2) is 4.39 Å². The normalized spacial score (nSPS) is 14.3. The third-order valence-corrected chi connectivity index (χ3v) is 7.67. The number of hydrogen-bond acceptors (Lipinski definition) is 4. The van der Waals surface area contributed by atoms with E-state index in [1.165, 1.54) is 12.1 Å². The van der Waals surface area contributed by atoms with Crippen molar-refractivity contribution in [2.45, 2.75) is 45.1 Å². The van der Waals surface area contributed by atoms with Crippen molar-refractivity contribution in [1.82, 2.24) is 19.6 Å². The molecule has 3 heterocycles. The zero-order chi connectivity index (χ0) is 30.7. The Hall–Kier alpha value is -4.32. The molecule has 0 unspecified atom stereocenters. The minimum Gasteiger partial charge on any atom is -0.344 e. The first-order valence-corrected chi connectivity index (χ1v) is 13.8. The number of piperidine rings is 1. The maximum atomic E-state index is 14.8. The molecular formula is C31H29F5N4O3. The van der Waals surface area contributed by atoms with E-state index in [-0.39, 0.29) is 30.0 Å². The number of nitrogens with zero attached hydrogens (tertiary/aromatic N) is 4. The molecule has 0 N–H and O–H groups in total. The smallest absolute Gasteiger partial charge is 0.344 e. The van der Waals surface area contributed by atoms with Gasteiger partial charge in [0.15, 0.2) is 0 Å². The molecule has 4 aromatic rings. The molecule has 2 amide bonds. The molecule has 5 rings (SSSR count). The van der Waals surface area contributed by atoms with E-state index in [0.717, 1.165) is 18.1 Å². The highest BCUT2D eigenvalue weighted by molar-refractivity contribution is 6.12. The molecule has 0 bridgehead atoms. The van der Waals surface area contributed by atoms with Gasteiger partial charge >= 0.3 is 6.36 Å². The first-order chi connectivity index (χ1) is 20.5. The number of hydrogen-bond donors (Lipinski definition) is 0. The van der Waals surface area contributed by atoms with Gasteiger partial charge in [-0.05, 0) is 65.3 Å². The van der Waals surface area contributed by atoms with Crippen LogP contribution in [0.25, 0.3) is 22.0 Å². The van der Waals surface area contributed by atoms with Crippen molar-refractivity contribution in [3.05, 3.63) is 89.6 Å². The molecule has 0 aliphatic carbocycles. The highest BCUT2D eigenvalue weighted by Crippen LogP contribution is 2.36. The summed E-state index contributed by atoms with van der Waals surface area (Å²) in [5.74, 6) is -1.70. The van der Waals surface area contributed by atoms with Gasteiger partial charge in [0, 0.05) is 56.1 Å². The summed E-state index contributed by atoms with van der Waals surface area (Å²) in [6.45, 7) is 0.695. The van der Waals surface area contributed by atoms with E-state index in [0.29, 0.717) is 53.5 Å². The van der Waals surface area contributed by atoms with Crippen LogP contribution >= 0.6 is 0 Å². The third kappa shape index (κ3) is 6.85. The van der Waals surface area contributed by atoms with Gasteiger partial charge in [0.05, 0.1) is 18.7 Å². The number of likely N-dealkylation sites (tertiary alicyclic amines) is 1. The minimum atomic E-state index is -4.77. The lowest BCUT2D eigenvalue weighted by Crippen LogP contribution is -2.38. The van der Waals surface area contributed by atoms with Gasteiger partial charge in [-0.1, -0.05) is 28.7 Å². The molecule has 1 fully saturated rings. The van der Waals surface area contributed by atoms with Gasteiger partial charge in [0.1, 0.15) is 5.82 Å². The molecule has 0 atom stereocenters. The summed E-state index contributed by atoms with van der Waals surface area (Å²) in [5, 5.41) is 0.664. The number of pyridine rings is 1. The number of fused-ring (bicyclic) bond motifs is 1. The molecule has 226 valence electrons. The second-order valence-corrected chi connectivity index (χ2v) is 10.4. The van der Waals surface area contributed by atoms with Gasteiger partial charge in [0.2, 0.25) is 5.91 Å². The van der Waals surface area contributed by atoms with E-state index < -0.39 is 24.7 Å². The number of ether oxygens (including phenoxy) is 1. The van der Waals surface area contributed by atoms with Gasteiger partial charge in [-0.15, -0.1) is 13.2 Å². The lowest BCUT2D eigenvalue weighted by Gasteiger charge is -2.32. The number of aromatic nitrogens is 2. The van der Waals surface area contributed by atoms with E-state index in [9.17, 15) is 31.6 Å². The standard InChI is InChI=1S/C31H29F5N4O3/c1-20(41)40(36)18-21-5-6-27(32)25(17-21)23-9-13-38(14-10-23)30(42)26-19-39(15-16-43-31(33,34)35)28-4-2-3-24(29(26)28)22-7-11-37-12-8-22/h2-8,11-12,17,19,23H,9-10,13-16,18H2,1H3. The average molecular weight is 601 g/mol. The van der Waals surface area contributed by atoms with Crippen LogP contribution in [0.5, 0.6) is 0 Å². The molecule has 0 saturated carbocycles. The van der Waals surface area contributed by atoms with E-state index in [1.54, 1.807) is 58.4 Å². The van der Waals surface area contributed by atoms with Crippen LogP contribution in [0.3, 0.4) is 0 Å². The molecule has 1 aliphatic heterocycles. The molecule has 12 heteroatoms. The van der Waals surface area contributed by atoms with Crippen molar-refractivity contribution in [3.63, 3.8) is 0 Å². The fourth-order valence-electron chi connectivity index (χ4n) is 5.57. The SMILES string of the molecule is CC(=O)N(F)Cc1ccc(F)c(C2CCN(C(=O)c3cn(CCOC(F)(F)F)c4cccc(-c5ccncc5)c34)CC2)c1. The summed E-state index contributed by atoms with van der Waals surface area (Å²) < 4.78 is 72.2. The first-order valence-electron chi connectivity index (χ1n) is 13.8. The second-order valence-electron chi connectivity index (χ2n) is 10.4. The summed E-state index contributed by atoms with van der Waals surface area (Å²) in [7, 11) is 0. The number of amides is 2. The fourth-order valence-corrected chi connectivity index (χ4v) is 5.57. The van der Waals surface area contributed by atoms with Gasteiger partial charge < -0.3 is 9.47 Å². The summed E-state index contributed by atoms with van der Waals surface area (Å²) in [5.41, 5.74) is 3.32. The molecule has 2 aromatic carbocycles. The lowest BCUT2D eigenvalue weighted by molar-refractivity contribution is -0.325. The number of halogens is 5. The van der Waals surface area contributed by atoms with E-state index in [1.807, 2.05) is 6.07 Å². The Morgan fingerprint density at radius 3 is 2.47 bits per heavy atom. The Bertz CT molecular complexity index is 1620. The van der Waals surface area contributed by atoms with Gasteiger partial charge in [-0.3, -0.25) is 19.3 Å². The molecule has 43 heavy (non-hydrogen) atoms. The molecule has 1 aliphatic rings. The van der Waals surface area contributed by atoms with Crippen molar-refractivity contribution in [1.29, 1.82) is 0 Å². The van der Waals surface area contributed by atoms with Crippen LogP contribution in [0, 0.1) is 5.82 Å². The van der Waals surface area contributed by atoms with Gasteiger partial charge in [0.25, 0.3) is 5.91 Å². The van der Waals surface area contributed by atoms with Crippen LogP contribution in [-0.4, -0.2) is 57.4 Å². The maximum absolute atomic E-state index is 14.8. The Balaban J connectivity index is 1.40. The third-order valence-electron chi connectivity index (χ3n) is 7.67. The number of rotatable bonds is 8. The molecule has 7 nitrogen and oxygen atoms in total. The lowest BCUT2D eigenvalue weighted by atomic mass is 9.88. The van der Waals surface area contributed by atoms with Crippen molar-refractivity contribution < 1.29 is 36.4 Å². The van der Waals surface area contributed by atoms with Crippen molar-refractivity contribution in [2.75, 3.05) is 19.7 Å². The van der Waals surface area contributed by atoms with Crippen LogP contribution in [0.1, 0.15) is 47.2 Å². The highest BCUT2D eigenvalue weighted by atomic mass is 19.4. The molecule has 0 radical (unpaired) electrons. The number of benzene rings is 2. The monoisotopic (exact) mass is 600 g/mol. The number of carbonyl (C=O) groups is 2. The zero-order valence-corrected chi connectivity index (χ0v) is 23.3. The largest absolute Gasteiger partial charge is 0.522 e. The fraction of sp³-hybridized carbons (Fsp3) is 0.323. The van der Waals surface area contributed by atoms with E-state index in [2.05, 4.69) is 9.72 Å². The van der Waals surface area contributed by atoms with Crippen LogP contribution < -0.4 is 0 Å². The highest BCUT2D eigenvalue weighted by Gasteiger charge is 2.31. The first kappa shape index (κ1) is 30.1. The predicted molar refractivity (Wildman–Crippen MR) is 149 cm³/mol. The molecular weight excluding hydrogens is 571 g/mol. The van der Waals surface area contributed by atoms with Crippen molar-refractivity contribution in [2.24, 2.45) is 0 Å². The second kappa shape index (κ2) is 12.5. The van der Waals surface area contributed by atoms with Crippen LogP contribution in [0.2, 0.25) is 0 Å². The summed E-state index contributed by atoms with van der Waals surface area (Å²) in [6.07, 6.45) is 0.930. The molecule has 1 saturated heterocycles. The van der Waals surface area contributed by atoms with Crippen molar-refractivity contribution in [3.8, 4) is 11.1 Å². The van der Waals surface area contributed by atoms with Crippen molar-refractivity contribution >= 4 is 22.7 Å². The number of carbonyl (C=O) groups excluding carboxylic acids is 2. The quantitative estimate of drug-likeness (QED) is 0.168. The Morgan fingerprint density at radius 2 is 1.79 bits per heavy atom. The van der Waals surface area contributed by atoms with Gasteiger partial charge in [-0.2, -0.15) is 5.12 Å². The zero-order valence-electron chi connectivity index (χ0n) is 23.3. The Kier molecular flexibility index (Phi) is 8.77. The predicted octanol–water partition coefficient (Wildman–Crippen LogP) is 6.63. The number of alkyl halides is 3. The van der Waals surface area contributed by atoms with Crippen LogP contribution in [0.4, 0.5) is 22.0 Å². The Labute approximate surface area is 244 Å². The topological polar surface area (TPSA) is 67.7 Å². The summed E-state index contributed by atoms with van der Waals surface area (Å²) in [6, 6.07) is 13.2. The van der Waals surface area contributed by atoms with Crippen LogP contribution in [-0.2, 0) is 22.6 Å². The summed E-state index contributed by atoms with van der Waals surface area (Å²) in [4.78, 5) is 30.9. The molecule has 0 spiro atoms. The minimum absolute atomic E-state index is 0.0597. The maximum Gasteiger partial charge on any atom is 0.522 e. The van der Waals surface area contributed by atoms with Crippen LogP contribution in [0.15, 0.2) is 67.1 Å². The van der Waals surface area contributed by atoms with E-state index in [4.69, 9.17) is 0 Å². The van der Waals surface area contributed by atoms with E-state index >= 15 is 0 Å². The average Bonchev–Trinajstić information content (AvgIpc) is 3.36. The molecule has 2 aromatic heterocycles.